The minimum atomic E-state index is -0.631. The summed E-state index contributed by atoms with van der Waals surface area (Å²) in [6.45, 7) is 7.95. The van der Waals surface area contributed by atoms with E-state index in [1.807, 2.05) is 24.3 Å². The van der Waals surface area contributed by atoms with E-state index in [2.05, 4.69) is 31.0 Å². The molecule has 1 aromatic carbocycles. The van der Waals surface area contributed by atoms with Crippen LogP contribution in [0.1, 0.15) is 25.8 Å². The Labute approximate surface area is 121 Å². The lowest BCUT2D eigenvalue weighted by Crippen LogP contribution is -2.50. The Morgan fingerprint density at radius 3 is 2.50 bits per heavy atom. The number of carbonyl (C=O) groups excluding carboxylic acids is 1. The van der Waals surface area contributed by atoms with E-state index >= 15 is 0 Å². The summed E-state index contributed by atoms with van der Waals surface area (Å²) in [5, 5.41) is 3.40. The van der Waals surface area contributed by atoms with Gasteiger partial charge in [-0.1, -0.05) is 17.7 Å². The van der Waals surface area contributed by atoms with E-state index in [1.165, 1.54) is 12.7 Å². The predicted octanol–water partition coefficient (Wildman–Crippen LogP) is 2.43. The minimum absolute atomic E-state index is 0.179. The third kappa shape index (κ3) is 2.96. The summed E-state index contributed by atoms with van der Waals surface area (Å²) in [5.74, 6) is -0.179. The standard InChI is InChI=1S/C16H24N2O2/c1-12(2)18-10-9-16(11-18,15(19)20-4)17-14-7-5-13(3)6-8-14/h5-8,12,17H,9-11H2,1-4H3. The molecule has 0 bridgehead atoms. The van der Waals surface area contributed by atoms with E-state index in [1.54, 1.807) is 0 Å². The van der Waals surface area contributed by atoms with E-state index in [0.29, 0.717) is 12.6 Å². The van der Waals surface area contributed by atoms with Crippen LogP contribution in [0.3, 0.4) is 0 Å². The van der Waals surface area contributed by atoms with Gasteiger partial charge >= 0.3 is 5.97 Å². The van der Waals surface area contributed by atoms with Gasteiger partial charge in [-0.15, -0.1) is 0 Å². The van der Waals surface area contributed by atoms with Gasteiger partial charge in [-0.3, -0.25) is 4.90 Å². The number of rotatable bonds is 4. The lowest BCUT2D eigenvalue weighted by Gasteiger charge is -2.30. The van der Waals surface area contributed by atoms with Gasteiger partial charge in [0, 0.05) is 24.8 Å². The average Bonchev–Trinajstić information content (AvgIpc) is 2.86. The van der Waals surface area contributed by atoms with Gasteiger partial charge in [0.15, 0.2) is 0 Å². The normalized spacial score (nSPS) is 23.1. The van der Waals surface area contributed by atoms with Gasteiger partial charge in [0.1, 0.15) is 5.54 Å². The molecule has 1 N–H and O–H groups in total. The number of methoxy groups -OCH3 is 1. The van der Waals surface area contributed by atoms with Crippen LogP contribution in [-0.2, 0) is 9.53 Å². The molecule has 0 spiro atoms. The molecule has 1 heterocycles. The fraction of sp³-hybridized carbons (Fsp3) is 0.562. The van der Waals surface area contributed by atoms with Crippen molar-refractivity contribution < 1.29 is 9.53 Å². The van der Waals surface area contributed by atoms with Crippen LogP contribution < -0.4 is 5.32 Å². The summed E-state index contributed by atoms with van der Waals surface area (Å²) < 4.78 is 5.03. The maximum absolute atomic E-state index is 12.3. The molecule has 1 aliphatic rings. The largest absolute Gasteiger partial charge is 0.467 e. The SMILES string of the molecule is COC(=O)C1(Nc2ccc(C)cc2)CCN(C(C)C)C1. The molecule has 1 fully saturated rings. The third-order valence-corrected chi connectivity index (χ3v) is 4.04. The molecule has 4 nitrogen and oxygen atoms in total. The fourth-order valence-corrected chi connectivity index (χ4v) is 2.71. The Morgan fingerprint density at radius 2 is 2.00 bits per heavy atom. The summed E-state index contributed by atoms with van der Waals surface area (Å²) in [6, 6.07) is 8.54. The van der Waals surface area contributed by atoms with Crippen LogP contribution in [0.15, 0.2) is 24.3 Å². The maximum atomic E-state index is 12.3. The Hall–Kier alpha value is -1.55. The number of hydrogen-bond acceptors (Lipinski definition) is 4. The van der Waals surface area contributed by atoms with Gasteiger partial charge in [-0.05, 0) is 39.3 Å². The molecule has 0 amide bonds. The second kappa shape index (κ2) is 5.83. The highest BCUT2D eigenvalue weighted by Gasteiger charge is 2.46. The fourth-order valence-electron chi connectivity index (χ4n) is 2.71. The second-order valence-electron chi connectivity index (χ2n) is 5.88. The van der Waals surface area contributed by atoms with Crippen LogP contribution in [0.25, 0.3) is 0 Å². The number of aryl methyl sites for hydroxylation is 1. The van der Waals surface area contributed by atoms with Crippen LogP contribution in [0.4, 0.5) is 5.69 Å². The highest BCUT2D eigenvalue weighted by atomic mass is 16.5. The number of benzene rings is 1. The lowest BCUT2D eigenvalue weighted by atomic mass is 9.98. The highest BCUT2D eigenvalue weighted by Crippen LogP contribution is 2.29. The monoisotopic (exact) mass is 276 g/mol. The molecule has 1 unspecified atom stereocenters. The summed E-state index contributed by atoms with van der Waals surface area (Å²) in [5.41, 5.74) is 1.54. The molecule has 0 saturated carbocycles. The Balaban J connectivity index is 2.21. The number of hydrogen-bond donors (Lipinski definition) is 1. The highest BCUT2D eigenvalue weighted by molar-refractivity contribution is 5.85. The molecule has 1 aromatic rings. The van der Waals surface area contributed by atoms with Crippen molar-refractivity contribution in [1.82, 2.24) is 4.90 Å². The first-order valence-electron chi connectivity index (χ1n) is 7.14. The molecular weight excluding hydrogens is 252 g/mol. The van der Waals surface area contributed by atoms with Crippen molar-refractivity contribution in [3.63, 3.8) is 0 Å². The minimum Gasteiger partial charge on any atom is -0.467 e. The number of nitrogens with one attached hydrogen (secondary N) is 1. The van der Waals surface area contributed by atoms with Crippen molar-refractivity contribution in [2.24, 2.45) is 0 Å². The van der Waals surface area contributed by atoms with E-state index in [9.17, 15) is 4.79 Å². The van der Waals surface area contributed by atoms with Crippen LogP contribution >= 0.6 is 0 Å². The van der Waals surface area contributed by atoms with E-state index in [-0.39, 0.29) is 5.97 Å². The Bertz CT molecular complexity index is 470. The molecular formula is C16H24N2O2. The van der Waals surface area contributed by atoms with Gasteiger partial charge in [-0.25, -0.2) is 4.79 Å². The van der Waals surface area contributed by atoms with Crippen molar-refractivity contribution in [3.8, 4) is 0 Å². The molecule has 0 aromatic heterocycles. The Kier molecular flexibility index (Phi) is 4.33. The van der Waals surface area contributed by atoms with E-state index < -0.39 is 5.54 Å². The molecule has 110 valence electrons. The van der Waals surface area contributed by atoms with Crippen molar-refractivity contribution in [1.29, 1.82) is 0 Å². The number of nitrogens with zero attached hydrogens (tertiary/aromatic N) is 1. The predicted molar refractivity (Wildman–Crippen MR) is 80.9 cm³/mol. The van der Waals surface area contributed by atoms with Crippen molar-refractivity contribution in [2.45, 2.75) is 38.8 Å². The number of likely N-dealkylation sites (tertiary alicyclic amines) is 1. The summed E-state index contributed by atoms with van der Waals surface area (Å²) in [6.07, 6.45) is 0.770. The third-order valence-electron chi connectivity index (χ3n) is 4.04. The van der Waals surface area contributed by atoms with Crippen molar-refractivity contribution in [3.05, 3.63) is 29.8 Å². The van der Waals surface area contributed by atoms with Gasteiger partial charge in [-0.2, -0.15) is 0 Å². The number of anilines is 1. The molecule has 1 aliphatic heterocycles. The molecule has 1 atom stereocenters. The zero-order valence-corrected chi connectivity index (χ0v) is 12.8. The molecule has 4 heteroatoms. The lowest BCUT2D eigenvalue weighted by molar-refractivity contribution is -0.145. The summed E-state index contributed by atoms with van der Waals surface area (Å²) in [7, 11) is 1.46. The van der Waals surface area contributed by atoms with Crippen LogP contribution in [0.2, 0.25) is 0 Å². The van der Waals surface area contributed by atoms with Crippen LogP contribution in [-0.4, -0.2) is 42.6 Å². The number of ether oxygens (including phenoxy) is 1. The first kappa shape index (κ1) is 14.9. The van der Waals surface area contributed by atoms with E-state index in [4.69, 9.17) is 4.74 Å². The number of carbonyl (C=O) groups is 1. The van der Waals surface area contributed by atoms with Gasteiger partial charge in [0.05, 0.1) is 7.11 Å². The second-order valence-corrected chi connectivity index (χ2v) is 5.88. The topological polar surface area (TPSA) is 41.6 Å². The van der Waals surface area contributed by atoms with Crippen LogP contribution in [0.5, 0.6) is 0 Å². The number of esters is 1. The molecule has 0 radical (unpaired) electrons. The zero-order chi connectivity index (χ0) is 14.8. The quantitative estimate of drug-likeness (QED) is 0.858. The Morgan fingerprint density at radius 1 is 1.35 bits per heavy atom. The van der Waals surface area contributed by atoms with Gasteiger partial charge < -0.3 is 10.1 Å². The summed E-state index contributed by atoms with van der Waals surface area (Å²) >= 11 is 0. The van der Waals surface area contributed by atoms with Gasteiger partial charge in [0.2, 0.25) is 0 Å². The molecule has 1 saturated heterocycles. The van der Waals surface area contributed by atoms with E-state index in [0.717, 1.165) is 18.7 Å². The van der Waals surface area contributed by atoms with Gasteiger partial charge in [0.25, 0.3) is 0 Å². The maximum Gasteiger partial charge on any atom is 0.332 e. The molecule has 2 rings (SSSR count). The first-order valence-corrected chi connectivity index (χ1v) is 7.14. The first-order chi connectivity index (χ1) is 9.47. The van der Waals surface area contributed by atoms with Crippen molar-refractivity contribution in [2.75, 3.05) is 25.5 Å². The van der Waals surface area contributed by atoms with Crippen LogP contribution in [0, 0.1) is 6.92 Å². The zero-order valence-electron chi connectivity index (χ0n) is 12.8. The molecule has 0 aliphatic carbocycles. The summed E-state index contributed by atoms with van der Waals surface area (Å²) in [4.78, 5) is 14.6. The van der Waals surface area contributed by atoms with Crippen molar-refractivity contribution >= 4 is 11.7 Å². The smallest absolute Gasteiger partial charge is 0.332 e. The average molecular weight is 276 g/mol. The molecule has 20 heavy (non-hydrogen) atoms.